The van der Waals surface area contributed by atoms with Crippen molar-refractivity contribution >= 4 is 23.3 Å². The van der Waals surface area contributed by atoms with Gasteiger partial charge in [-0.05, 0) is 36.2 Å². The highest BCUT2D eigenvalue weighted by molar-refractivity contribution is 5.85. The van der Waals surface area contributed by atoms with Gasteiger partial charge in [0.05, 0.1) is 12.6 Å². The van der Waals surface area contributed by atoms with Crippen LogP contribution in [0, 0.1) is 0 Å². The maximum atomic E-state index is 5.91. The predicted octanol–water partition coefficient (Wildman–Crippen LogP) is 4.10. The average molecular weight is 371 g/mol. The normalized spacial score (nSPS) is 14.0. The van der Waals surface area contributed by atoms with E-state index in [1.807, 2.05) is 18.2 Å². The first-order valence-electron chi connectivity index (χ1n) is 8.68. The molecule has 4 rings (SSSR count). The van der Waals surface area contributed by atoms with Gasteiger partial charge in [0.2, 0.25) is 5.88 Å². The molecule has 0 spiro atoms. The molecule has 3 aromatic rings. The first-order valence-corrected chi connectivity index (χ1v) is 8.68. The Morgan fingerprint density at radius 1 is 1.12 bits per heavy atom. The molecule has 2 heterocycles. The lowest BCUT2D eigenvalue weighted by Gasteiger charge is -2.19. The van der Waals surface area contributed by atoms with Crippen molar-refractivity contribution in [3.8, 4) is 11.6 Å². The number of rotatable bonds is 4. The Bertz CT molecular complexity index is 871. The monoisotopic (exact) mass is 370 g/mol. The third kappa shape index (κ3) is 4.09. The largest absolute Gasteiger partial charge is 0.497 e. The van der Waals surface area contributed by atoms with E-state index in [-0.39, 0.29) is 12.4 Å². The van der Waals surface area contributed by atoms with Crippen LogP contribution in [0.2, 0.25) is 0 Å². The second kappa shape index (κ2) is 8.39. The van der Waals surface area contributed by atoms with Crippen molar-refractivity contribution in [2.75, 3.05) is 26.8 Å². The second-order valence-electron chi connectivity index (χ2n) is 6.37. The molecular weight excluding hydrogens is 348 g/mol. The summed E-state index contributed by atoms with van der Waals surface area (Å²) in [6.07, 6.45) is 1.05. The number of benzene rings is 2. The van der Waals surface area contributed by atoms with E-state index >= 15 is 0 Å². The molecule has 2 aromatic carbocycles. The Labute approximate surface area is 160 Å². The maximum absolute atomic E-state index is 5.91. The van der Waals surface area contributed by atoms with Crippen LogP contribution < -0.4 is 9.47 Å². The van der Waals surface area contributed by atoms with Crippen LogP contribution in [0.3, 0.4) is 0 Å². The van der Waals surface area contributed by atoms with E-state index in [0.29, 0.717) is 6.61 Å². The summed E-state index contributed by atoms with van der Waals surface area (Å²) in [7, 11) is 1.69. The minimum Gasteiger partial charge on any atom is -0.497 e. The standard InChI is InChI=1S/C21H22N2O2.ClH/c1-24-19-7-8-20-17(14-19)13-18-15-23(11-12-25-21(18)22-20)10-9-16-5-3-2-4-6-16;/h2-8,13-14H,9-12,15H2,1H3;1H. The number of fused-ring (bicyclic) bond motifs is 2. The summed E-state index contributed by atoms with van der Waals surface area (Å²) in [5.41, 5.74) is 3.46. The van der Waals surface area contributed by atoms with Crippen LogP contribution in [-0.2, 0) is 13.0 Å². The van der Waals surface area contributed by atoms with Crippen LogP contribution in [0.25, 0.3) is 10.9 Å². The molecule has 0 radical (unpaired) electrons. The van der Waals surface area contributed by atoms with E-state index < -0.39 is 0 Å². The number of hydrogen-bond donors (Lipinski definition) is 0. The lowest BCUT2D eigenvalue weighted by molar-refractivity contribution is 0.225. The number of pyridine rings is 1. The maximum Gasteiger partial charge on any atom is 0.218 e. The minimum atomic E-state index is 0. The SMILES string of the molecule is COc1ccc2nc3c(cc2c1)CN(CCc1ccccc1)CCO3.Cl. The molecular formula is C21H23ClN2O2. The fourth-order valence-corrected chi connectivity index (χ4v) is 3.26. The molecule has 1 aromatic heterocycles. The molecule has 0 atom stereocenters. The van der Waals surface area contributed by atoms with Crippen LogP contribution in [0.5, 0.6) is 11.6 Å². The molecule has 0 saturated heterocycles. The van der Waals surface area contributed by atoms with Gasteiger partial charge < -0.3 is 9.47 Å². The first-order chi connectivity index (χ1) is 12.3. The third-order valence-electron chi connectivity index (χ3n) is 4.66. The number of hydrogen-bond acceptors (Lipinski definition) is 4. The van der Waals surface area contributed by atoms with Gasteiger partial charge in [0.1, 0.15) is 12.4 Å². The summed E-state index contributed by atoms with van der Waals surface area (Å²) in [5, 5.41) is 1.09. The molecule has 1 aliphatic heterocycles. The van der Waals surface area contributed by atoms with E-state index in [1.165, 1.54) is 5.56 Å². The van der Waals surface area contributed by atoms with Crippen molar-refractivity contribution in [3.63, 3.8) is 0 Å². The Balaban J connectivity index is 0.00000196. The molecule has 0 N–H and O–H groups in total. The van der Waals surface area contributed by atoms with Crippen molar-refractivity contribution in [2.45, 2.75) is 13.0 Å². The van der Waals surface area contributed by atoms with Gasteiger partial charge in [0, 0.05) is 30.6 Å². The van der Waals surface area contributed by atoms with Crippen molar-refractivity contribution in [3.05, 3.63) is 65.7 Å². The van der Waals surface area contributed by atoms with Crippen LogP contribution in [0.15, 0.2) is 54.6 Å². The molecule has 1 aliphatic rings. The Morgan fingerprint density at radius 3 is 2.77 bits per heavy atom. The van der Waals surface area contributed by atoms with Gasteiger partial charge in [-0.1, -0.05) is 30.3 Å². The van der Waals surface area contributed by atoms with Gasteiger partial charge in [-0.2, -0.15) is 0 Å². The van der Waals surface area contributed by atoms with Crippen LogP contribution in [0.1, 0.15) is 11.1 Å². The quantitative estimate of drug-likeness (QED) is 0.692. The molecule has 4 nitrogen and oxygen atoms in total. The van der Waals surface area contributed by atoms with E-state index in [0.717, 1.165) is 54.2 Å². The zero-order valence-electron chi connectivity index (χ0n) is 14.9. The fourth-order valence-electron chi connectivity index (χ4n) is 3.26. The summed E-state index contributed by atoms with van der Waals surface area (Å²) in [6, 6.07) is 18.8. The highest BCUT2D eigenvalue weighted by Gasteiger charge is 2.17. The van der Waals surface area contributed by atoms with E-state index in [1.54, 1.807) is 7.11 Å². The Morgan fingerprint density at radius 2 is 1.96 bits per heavy atom. The van der Waals surface area contributed by atoms with Gasteiger partial charge in [0.25, 0.3) is 0 Å². The van der Waals surface area contributed by atoms with Crippen molar-refractivity contribution < 1.29 is 9.47 Å². The number of methoxy groups -OCH3 is 1. The molecule has 0 saturated carbocycles. The summed E-state index contributed by atoms with van der Waals surface area (Å²) >= 11 is 0. The highest BCUT2D eigenvalue weighted by atomic mass is 35.5. The van der Waals surface area contributed by atoms with Gasteiger partial charge in [-0.15, -0.1) is 12.4 Å². The Hall–Kier alpha value is -2.30. The van der Waals surface area contributed by atoms with Gasteiger partial charge in [-0.3, -0.25) is 4.90 Å². The van der Waals surface area contributed by atoms with Gasteiger partial charge in [-0.25, -0.2) is 4.98 Å². The molecule has 136 valence electrons. The van der Waals surface area contributed by atoms with Crippen molar-refractivity contribution in [1.82, 2.24) is 9.88 Å². The summed E-state index contributed by atoms with van der Waals surface area (Å²) < 4.78 is 11.2. The van der Waals surface area contributed by atoms with Crippen LogP contribution in [0.4, 0.5) is 0 Å². The topological polar surface area (TPSA) is 34.6 Å². The number of halogens is 1. The average Bonchev–Trinajstić information content (AvgIpc) is 2.86. The molecule has 0 bridgehead atoms. The van der Waals surface area contributed by atoms with Crippen LogP contribution >= 0.6 is 12.4 Å². The zero-order chi connectivity index (χ0) is 17.1. The lowest BCUT2D eigenvalue weighted by atomic mass is 10.1. The van der Waals surface area contributed by atoms with Crippen molar-refractivity contribution in [2.24, 2.45) is 0 Å². The lowest BCUT2D eigenvalue weighted by Crippen LogP contribution is -2.27. The van der Waals surface area contributed by atoms with E-state index in [2.05, 4.69) is 41.3 Å². The second-order valence-corrected chi connectivity index (χ2v) is 6.37. The smallest absolute Gasteiger partial charge is 0.218 e. The van der Waals surface area contributed by atoms with Crippen molar-refractivity contribution in [1.29, 1.82) is 0 Å². The summed E-state index contributed by atoms with van der Waals surface area (Å²) in [6.45, 7) is 3.48. The number of nitrogens with zero attached hydrogens (tertiary/aromatic N) is 2. The highest BCUT2D eigenvalue weighted by Crippen LogP contribution is 2.28. The molecule has 0 fully saturated rings. The number of aromatic nitrogens is 1. The van der Waals surface area contributed by atoms with E-state index in [9.17, 15) is 0 Å². The molecule has 0 aliphatic carbocycles. The number of ether oxygens (including phenoxy) is 2. The summed E-state index contributed by atoms with van der Waals surface area (Å²) in [5.74, 6) is 1.62. The summed E-state index contributed by atoms with van der Waals surface area (Å²) in [4.78, 5) is 7.14. The molecule has 5 heteroatoms. The molecule has 0 unspecified atom stereocenters. The third-order valence-corrected chi connectivity index (χ3v) is 4.66. The van der Waals surface area contributed by atoms with Gasteiger partial charge in [0.15, 0.2) is 0 Å². The first kappa shape index (κ1) is 18.5. The molecule has 0 amide bonds. The van der Waals surface area contributed by atoms with Gasteiger partial charge >= 0.3 is 0 Å². The van der Waals surface area contributed by atoms with E-state index in [4.69, 9.17) is 14.5 Å². The zero-order valence-corrected chi connectivity index (χ0v) is 15.7. The fraction of sp³-hybridized carbons (Fsp3) is 0.286. The minimum absolute atomic E-state index is 0. The Kier molecular flexibility index (Phi) is 5.96. The predicted molar refractivity (Wildman–Crippen MR) is 106 cm³/mol. The molecule has 26 heavy (non-hydrogen) atoms. The van der Waals surface area contributed by atoms with Crippen LogP contribution in [-0.4, -0.2) is 36.7 Å².